The Hall–Kier alpha value is -3.94. The van der Waals surface area contributed by atoms with Crippen molar-refractivity contribution in [2.75, 3.05) is 11.9 Å². The van der Waals surface area contributed by atoms with Gasteiger partial charge in [0.25, 0.3) is 5.91 Å². The predicted molar refractivity (Wildman–Crippen MR) is 109 cm³/mol. The summed E-state index contributed by atoms with van der Waals surface area (Å²) in [6, 6.07) is 14.7. The van der Waals surface area contributed by atoms with Gasteiger partial charge in [0.15, 0.2) is 6.61 Å². The van der Waals surface area contributed by atoms with Crippen LogP contribution in [-0.2, 0) is 14.3 Å². The number of esters is 2. The summed E-state index contributed by atoms with van der Waals surface area (Å²) in [5.74, 6) is -1.53. The van der Waals surface area contributed by atoms with Crippen molar-refractivity contribution in [3.63, 3.8) is 0 Å². The highest BCUT2D eigenvalue weighted by Gasteiger charge is 2.12. The Morgan fingerprint density at radius 2 is 1.60 bits per heavy atom. The molecule has 3 aromatic rings. The molecule has 0 saturated carbocycles. The molecule has 1 heterocycles. The van der Waals surface area contributed by atoms with Crippen LogP contribution in [0.25, 0.3) is 5.69 Å². The van der Waals surface area contributed by atoms with Gasteiger partial charge < -0.3 is 14.8 Å². The average Bonchev–Trinajstić information content (AvgIpc) is 3.27. The second-order valence-corrected chi connectivity index (χ2v) is 6.65. The molecule has 0 bridgehead atoms. The van der Waals surface area contributed by atoms with Crippen LogP contribution in [0.5, 0.6) is 0 Å². The largest absolute Gasteiger partial charge is 0.459 e. The third-order valence-electron chi connectivity index (χ3n) is 3.95. The molecule has 30 heavy (non-hydrogen) atoms. The molecule has 0 saturated heterocycles. The number of amides is 1. The van der Waals surface area contributed by atoms with E-state index >= 15 is 0 Å². The minimum absolute atomic E-state index is 0.215. The second-order valence-electron chi connectivity index (χ2n) is 6.65. The van der Waals surface area contributed by atoms with Crippen molar-refractivity contribution < 1.29 is 23.9 Å². The monoisotopic (exact) mass is 407 g/mol. The van der Waals surface area contributed by atoms with Crippen LogP contribution in [0.3, 0.4) is 0 Å². The van der Waals surface area contributed by atoms with Crippen molar-refractivity contribution in [2.45, 2.75) is 20.0 Å². The van der Waals surface area contributed by atoms with Crippen LogP contribution in [0.15, 0.2) is 67.0 Å². The summed E-state index contributed by atoms with van der Waals surface area (Å²) in [6.45, 7) is 3.10. The first-order chi connectivity index (χ1) is 14.4. The van der Waals surface area contributed by atoms with Crippen molar-refractivity contribution in [1.29, 1.82) is 0 Å². The van der Waals surface area contributed by atoms with E-state index in [1.165, 1.54) is 0 Å². The van der Waals surface area contributed by atoms with Crippen LogP contribution in [-0.4, -0.2) is 40.3 Å². The Kier molecular flexibility index (Phi) is 6.59. The molecule has 8 heteroatoms. The lowest BCUT2D eigenvalue weighted by Gasteiger charge is -2.09. The zero-order valence-corrected chi connectivity index (χ0v) is 16.6. The molecule has 0 spiro atoms. The molecule has 1 N–H and O–H groups in total. The molecule has 0 atom stereocenters. The van der Waals surface area contributed by atoms with Gasteiger partial charge in [-0.1, -0.05) is 0 Å². The Bertz CT molecular complexity index is 1010. The second kappa shape index (κ2) is 9.51. The molecule has 1 amide bonds. The van der Waals surface area contributed by atoms with Crippen LogP contribution in [0.2, 0.25) is 0 Å². The smallest absolute Gasteiger partial charge is 0.338 e. The number of hydrogen-bond donors (Lipinski definition) is 1. The molecule has 3 rings (SSSR count). The van der Waals surface area contributed by atoms with E-state index in [0.717, 1.165) is 5.69 Å². The maximum Gasteiger partial charge on any atom is 0.338 e. The molecule has 1 aromatic heterocycles. The molecule has 0 aliphatic carbocycles. The highest BCUT2D eigenvalue weighted by Crippen LogP contribution is 2.12. The van der Waals surface area contributed by atoms with E-state index in [2.05, 4.69) is 10.4 Å². The SMILES string of the molecule is CC(C)OC(=O)c1ccc(NC(=O)COC(=O)c2ccc(-n3cccn3)cc2)cc1. The fourth-order valence-corrected chi connectivity index (χ4v) is 2.56. The van der Waals surface area contributed by atoms with Gasteiger partial charge in [0.1, 0.15) is 0 Å². The van der Waals surface area contributed by atoms with E-state index in [9.17, 15) is 14.4 Å². The number of carbonyl (C=O) groups excluding carboxylic acids is 3. The van der Waals surface area contributed by atoms with Crippen molar-refractivity contribution in [1.82, 2.24) is 9.78 Å². The summed E-state index contributed by atoms with van der Waals surface area (Å²) in [6.07, 6.45) is 3.23. The Morgan fingerprint density at radius 3 is 2.20 bits per heavy atom. The molecule has 0 aliphatic heterocycles. The zero-order valence-electron chi connectivity index (χ0n) is 16.6. The quantitative estimate of drug-likeness (QED) is 0.604. The first-order valence-electron chi connectivity index (χ1n) is 9.30. The standard InChI is InChI=1S/C22H21N3O5/c1-15(2)30-22(28)17-4-8-18(9-5-17)24-20(26)14-29-21(27)16-6-10-19(11-7-16)25-13-3-12-23-25/h3-13,15H,14H2,1-2H3,(H,24,26). The lowest BCUT2D eigenvalue weighted by atomic mass is 10.2. The van der Waals surface area contributed by atoms with Crippen LogP contribution < -0.4 is 5.32 Å². The average molecular weight is 407 g/mol. The van der Waals surface area contributed by atoms with E-state index in [1.807, 2.05) is 0 Å². The third kappa shape index (κ3) is 5.54. The Balaban J connectivity index is 1.49. The van der Waals surface area contributed by atoms with Crippen LogP contribution in [0.4, 0.5) is 5.69 Å². The molecule has 0 unspecified atom stereocenters. The van der Waals surface area contributed by atoms with Gasteiger partial charge in [-0.15, -0.1) is 0 Å². The summed E-state index contributed by atoms with van der Waals surface area (Å²) in [5.41, 5.74) is 1.98. The number of ether oxygens (including phenoxy) is 2. The molecule has 0 radical (unpaired) electrons. The van der Waals surface area contributed by atoms with Crippen molar-refractivity contribution in [3.05, 3.63) is 78.1 Å². The first kappa shape index (κ1) is 20.8. The number of carbonyl (C=O) groups is 3. The van der Waals surface area contributed by atoms with Gasteiger partial charge in [-0.2, -0.15) is 5.10 Å². The van der Waals surface area contributed by atoms with E-state index in [-0.39, 0.29) is 6.10 Å². The van der Waals surface area contributed by atoms with Gasteiger partial charge in [0.05, 0.1) is 22.9 Å². The van der Waals surface area contributed by atoms with Crippen LogP contribution >= 0.6 is 0 Å². The lowest BCUT2D eigenvalue weighted by molar-refractivity contribution is -0.119. The van der Waals surface area contributed by atoms with E-state index in [1.54, 1.807) is 85.5 Å². The van der Waals surface area contributed by atoms with Crippen molar-refractivity contribution >= 4 is 23.5 Å². The van der Waals surface area contributed by atoms with E-state index < -0.39 is 24.5 Å². The summed E-state index contributed by atoms with van der Waals surface area (Å²) in [4.78, 5) is 36.0. The van der Waals surface area contributed by atoms with Gasteiger partial charge >= 0.3 is 11.9 Å². The van der Waals surface area contributed by atoms with Gasteiger partial charge in [-0.25, -0.2) is 14.3 Å². The fourth-order valence-electron chi connectivity index (χ4n) is 2.56. The number of anilines is 1. The summed E-state index contributed by atoms with van der Waals surface area (Å²) in [5, 5.41) is 6.71. The van der Waals surface area contributed by atoms with Gasteiger partial charge in [0, 0.05) is 18.1 Å². The van der Waals surface area contributed by atoms with E-state index in [4.69, 9.17) is 9.47 Å². The van der Waals surface area contributed by atoms with E-state index in [0.29, 0.717) is 16.8 Å². The summed E-state index contributed by atoms with van der Waals surface area (Å²) in [7, 11) is 0. The normalized spacial score (nSPS) is 10.5. The summed E-state index contributed by atoms with van der Waals surface area (Å²) >= 11 is 0. The van der Waals surface area contributed by atoms with Gasteiger partial charge in [-0.05, 0) is 68.4 Å². The molecule has 0 aliphatic rings. The topological polar surface area (TPSA) is 99.5 Å². The molecular weight excluding hydrogens is 386 g/mol. The molecular formula is C22H21N3O5. The van der Waals surface area contributed by atoms with Gasteiger partial charge in [-0.3, -0.25) is 4.79 Å². The number of aromatic nitrogens is 2. The maximum absolute atomic E-state index is 12.1. The van der Waals surface area contributed by atoms with Crippen molar-refractivity contribution in [2.24, 2.45) is 0 Å². The number of hydrogen-bond acceptors (Lipinski definition) is 6. The molecule has 8 nitrogen and oxygen atoms in total. The minimum atomic E-state index is -0.607. The Morgan fingerprint density at radius 1 is 0.967 bits per heavy atom. The first-order valence-corrected chi connectivity index (χ1v) is 9.30. The maximum atomic E-state index is 12.1. The van der Waals surface area contributed by atoms with Crippen LogP contribution in [0.1, 0.15) is 34.6 Å². The lowest BCUT2D eigenvalue weighted by Crippen LogP contribution is -2.21. The molecule has 0 fully saturated rings. The summed E-state index contributed by atoms with van der Waals surface area (Å²) < 4.78 is 11.8. The molecule has 154 valence electrons. The van der Waals surface area contributed by atoms with Crippen molar-refractivity contribution in [3.8, 4) is 5.69 Å². The predicted octanol–water partition coefficient (Wildman–Crippen LogP) is 3.23. The van der Waals surface area contributed by atoms with Crippen LogP contribution in [0, 0.1) is 0 Å². The fraction of sp³-hybridized carbons (Fsp3) is 0.182. The third-order valence-corrected chi connectivity index (χ3v) is 3.95. The minimum Gasteiger partial charge on any atom is -0.459 e. The Labute approximate surface area is 173 Å². The highest BCUT2D eigenvalue weighted by atomic mass is 16.5. The highest BCUT2D eigenvalue weighted by molar-refractivity contribution is 5.96. The number of nitrogens with zero attached hydrogens (tertiary/aromatic N) is 2. The number of rotatable bonds is 7. The zero-order chi connectivity index (χ0) is 21.5. The molecule has 2 aromatic carbocycles. The number of nitrogens with one attached hydrogen (secondary N) is 1. The number of benzene rings is 2. The van der Waals surface area contributed by atoms with Gasteiger partial charge in [0.2, 0.25) is 0 Å².